The molecule has 0 saturated carbocycles. The van der Waals surface area contributed by atoms with Gasteiger partial charge >= 0.3 is 0 Å². The van der Waals surface area contributed by atoms with Crippen molar-refractivity contribution in [2.45, 2.75) is 17.2 Å². The van der Waals surface area contributed by atoms with Crippen molar-refractivity contribution in [1.82, 2.24) is 0 Å². The van der Waals surface area contributed by atoms with Gasteiger partial charge in [0.2, 0.25) is 0 Å². The highest BCUT2D eigenvalue weighted by Crippen LogP contribution is 2.53. The van der Waals surface area contributed by atoms with Crippen LogP contribution in [0.25, 0.3) is 0 Å². The maximum Gasteiger partial charge on any atom is 0.0469 e. The highest BCUT2D eigenvalue weighted by molar-refractivity contribution is 8.06. The molecule has 0 aliphatic carbocycles. The summed E-state index contributed by atoms with van der Waals surface area (Å²) in [6, 6.07) is 10.9. The molecule has 0 radical (unpaired) electrons. The molecule has 1 aromatic carbocycles. The van der Waals surface area contributed by atoms with Crippen LogP contribution >= 0.6 is 20.3 Å². The van der Waals surface area contributed by atoms with E-state index >= 15 is 0 Å². The third-order valence-corrected chi connectivity index (χ3v) is 5.99. The van der Waals surface area contributed by atoms with E-state index in [0.717, 1.165) is 18.8 Å². The zero-order chi connectivity index (χ0) is 8.39. The van der Waals surface area contributed by atoms with Crippen molar-refractivity contribution in [3.05, 3.63) is 35.9 Å². The van der Waals surface area contributed by atoms with Crippen LogP contribution in [0.5, 0.6) is 0 Å². The van der Waals surface area contributed by atoms with Crippen molar-refractivity contribution in [3.63, 3.8) is 0 Å². The summed E-state index contributed by atoms with van der Waals surface area (Å²) in [5.74, 6) is 0. The van der Waals surface area contributed by atoms with Crippen molar-refractivity contribution >= 4 is 20.3 Å². The summed E-state index contributed by atoms with van der Waals surface area (Å²) in [6.45, 7) is 2.33. The van der Waals surface area contributed by atoms with E-state index in [2.05, 4.69) is 49.0 Å². The first-order valence-corrected chi connectivity index (χ1v) is 6.53. The van der Waals surface area contributed by atoms with Gasteiger partial charge in [-0.25, -0.2) is 0 Å². The lowest BCUT2D eigenvalue weighted by Gasteiger charge is -2.08. The Morgan fingerprint density at radius 2 is 2.08 bits per heavy atom. The number of thioether (sulfide) groups is 1. The second-order valence-electron chi connectivity index (χ2n) is 3.15. The van der Waals surface area contributed by atoms with Crippen molar-refractivity contribution in [2.75, 3.05) is 6.16 Å². The van der Waals surface area contributed by atoms with Crippen LogP contribution < -0.4 is 0 Å². The SMILES string of the molecule is C[C@H]1CP[C@H](c2ccccc2)S1. The van der Waals surface area contributed by atoms with E-state index in [1.165, 1.54) is 11.7 Å². The van der Waals surface area contributed by atoms with Crippen LogP contribution in [-0.4, -0.2) is 11.4 Å². The van der Waals surface area contributed by atoms with Crippen LogP contribution in [0.2, 0.25) is 0 Å². The number of benzene rings is 1. The third-order valence-electron chi connectivity index (χ3n) is 2.06. The van der Waals surface area contributed by atoms with Gasteiger partial charge in [-0.05, 0) is 11.7 Å². The fraction of sp³-hybridized carbons (Fsp3) is 0.400. The molecule has 1 saturated heterocycles. The molecule has 0 nitrogen and oxygen atoms in total. The molecule has 2 heteroatoms. The van der Waals surface area contributed by atoms with Gasteiger partial charge in [0.15, 0.2) is 0 Å². The van der Waals surface area contributed by atoms with Crippen LogP contribution in [0.15, 0.2) is 30.3 Å². The first kappa shape index (κ1) is 8.59. The third kappa shape index (κ3) is 1.84. The van der Waals surface area contributed by atoms with Crippen molar-refractivity contribution in [1.29, 1.82) is 0 Å². The number of hydrogen-bond acceptors (Lipinski definition) is 1. The van der Waals surface area contributed by atoms with Crippen molar-refractivity contribution < 1.29 is 0 Å². The Bertz CT molecular complexity index is 247. The lowest BCUT2D eigenvalue weighted by molar-refractivity contribution is 1.14. The van der Waals surface area contributed by atoms with E-state index in [1.54, 1.807) is 0 Å². The molecule has 0 amide bonds. The van der Waals surface area contributed by atoms with Gasteiger partial charge in [0.25, 0.3) is 0 Å². The van der Waals surface area contributed by atoms with Gasteiger partial charge in [0, 0.05) is 10.2 Å². The minimum Gasteiger partial charge on any atom is -0.146 e. The van der Waals surface area contributed by atoms with E-state index in [0.29, 0.717) is 0 Å². The normalized spacial score (nSPS) is 31.1. The molecule has 1 heterocycles. The fourth-order valence-corrected chi connectivity index (χ4v) is 5.22. The van der Waals surface area contributed by atoms with E-state index in [9.17, 15) is 0 Å². The van der Waals surface area contributed by atoms with E-state index in [4.69, 9.17) is 0 Å². The average Bonchev–Trinajstić information content (AvgIpc) is 2.54. The predicted octanol–water partition coefficient (Wildman–Crippen LogP) is 3.50. The average molecular weight is 196 g/mol. The Morgan fingerprint density at radius 1 is 1.33 bits per heavy atom. The highest BCUT2D eigenvalue weighted by atomic mass is 32.2. The van der Waals surface area contributed by atoms with Gasteiger partial charge in [0.05, 0.1) is 0 Å². The molecule has 0 aromatic heterocycles. The van der Waals surface area contributed by atoms with Crippen LogP contribution in [0.3, 0.4) is 0 Å². The first-order valence-electron chi connectivity index (χ1n) is 4.30. The molecule has 1 aromatic rings. The summed E-state index contributed by atoms with van der Waals surface area (Å²) in [4.78, 5) is 0.793. The minimum atomic E-state index is 0.793. The summed E-state index contributed by atoms with van der Waals surface area (Å²) < 4.78 is 0. The van der Waals surface area contributed by atoms with E-state index in [-0.39, 0.29) is 0 Å². The monoisotopic (exact) mass is 196 g/mol. The van der Waals surface area contributed by atoms with Gasteiger partial charge in [-0.1, -0.05) is 37.3 Å². The smallest absolute Gasteiger partial charge is 0.0469 e. The second-order valence-corrected chi connectivity index (χ2v) is 6.51. The van der Waals surface area contributed by atoms with Crippen molar-refractivity contribution in [2.24, 2.45) is 0 Å². The Balaban J connectivity index is 2.11. The number of rotatable bonds is 1. The van der Waals surface area contributed by atoms with Gasteiger partial charge < -0.3 is 0 Å². The number of hydrogen-bond donors (Lipinski definition) is 0. The highest BCUT2D eigenvalue weighted by Gasteiger charge is 2.22. The molecule has 1 aliphatic heterocycles. The van der Waals surface area contributed by atoms with Crippen LogP contribution in [0.4, 0.5) is 0 Å². The molecular weight excluding hydrogens is 183 g/mol. The Morgan fingerprint density at radius 3 is 2.67 bits per heavy atom. The summed E-state index contributed by atoms with van der Waals surface area (Å²) in [5.41, 5.74) is 1.52. The Hall–Kier alpha value is -0.0000000000000000555. The van der Waals surface area contributed by atoms with Gasteiger partial charge in [0.1, 0.15) is 0 Å². The van der Waals surface area contributed by atoms with E-state index < -0.39 is 0 Å². The summed E-state index contributed by atoms with van der Waals surface area (Å²) in [5, 5.41) is 0.869. The lowest BCUT2D eigenvalue weighted by Crippen LogP contribution is -1.89. The Kier molecular flexibility index (Phi) is 2.73. The summed E-state index contributed by atoms with van der Waals surface area (Å²) in [6.07, 6.45) is 1.41. The van der Waals surface area contributed by atoms with Gasteiger partial charge in [-0.15, -0.1) is 20.3 Å². The van der Waals surface area contributed by atoms with Gasteiger partial charge in [-0.2, -0.15) is 0 Å². The van der Waals surface area contributed by atoms with Gasteiger partial charge in [-0.3, -0.25) is 0 Å². The van der Waals surface area contributed by atoms with Crippen molar-refractivity contribution in [3.8, 4) is 0 Å². The largest absolute Gasteiger partial charge is 0.146 e. The molecule has 1 fully saturated rings. The minimum absolute atomic E-state index is 0.793. The molecule has 1 unspecified atom stereocenters. The lowest BCUT2D eigenvalue weighted by atomic mass is 10.2. The zero-order valence-electron chi connectivity index (χ0n) is 7.16. The summed E-state index contributed by atoms with van der Waals surface area (Å²) in [7, 11) is 1.12. The standard InChI is InChI=1S/C10H13PS/c1-8-7-11-10(12-8)9-5-3-2-4-6-9/h2-6,8,10-11H,7H2,1H3/t8-,10-/m0/s1. The maximum absolute atomic E-state index is 2.33. The Labute approximate surface area is 79.9 Å². The molecule has 2 rings (SSSR count). The molecule has 0 spiro atoms. The molecule has 3 atom stereocenters. The second kappa shape index (κ2) is 3.81. The fourth-order valence-electron chi connectivity index (χ4n) is 1.43. The molecule has 1 aliphatic rings. The van der Waals surface area contributed by atoms with Crippen LogP contribution in [-0.2, 0) is 0 Å². The summed E-state index contributed by atoms with van der Waals surface area (Å²) >= 11 is 2.13. The molecule has 0 bridgehead atoms. The quantitative estimate of drug-likeness (QED) is 0.619. The van der Waals surface area contributed by atoms with Crippen LogP contribution in [0.1, 0.15) is 17.5 Å². The van der Waals surface area contributed by atoms with Crippen LogP contribution in [0, 0.1) is 0 Å². The molecule has 0 N–H and O–H groups in total. The molecule has 64 valence electrons. The zero-order valence-corrected chi connectivity index (χ0v) is 8.97. The molecule has 12 heavy (non-hydrogen) atoms. The maximum atomic E-state index is 2.33. The first-order chi connectivity index (χ1) is 5.86. The molecular formula is C10H13PS. The predicted molar refractivity (Wildman–Crippen MR) is 59.4 cm³/mol. The van der Waals surface area contributed by atoms with E-state index in [1.807, 2.05) is 0 Å². The topological polar surface area (TPSA) is 0 Å².